The number of aliphatic hydroxyl groups excluding tert-OH is 1. The van der Waals surface area contributed by atoms with E-state index in [0.717, 1.165) is 37.4 Å². The smallest absolute Gasteiger partial charge is 0.263 e. The van der Waals surface area contributed by atoms with E-state index < -0.39 is 0 Å². The number of carbonyl (C=O) groups is 1. The molecular formula is C14H23N3O2S. The van der Waals surface area contributed by atoms with Crippen molar-refractivity contribution in [3.05, 3.63) is 10.9 Å². The van der Waals surface area contributed by atoms with E-state index in [4.69, 9.17) is 10.8 Å². The van der Waals surface area contributed by atoms with Crippen molar-refractivity contribution < 1.29 is 9.90 Å². The first kappa shape index (κ1) is 15.1. The van der Waals surface area contributed by atoms with Crippen molar-refractivity contribution in [3.63, 3.8) is 0 Å². The quantitative estimate of drug-likeness (QED) is 0.772. The van der Waals surface area contributed by atoms with Gasteiger partial charge in [-0.15, -0.1) is 11.3 Å². The Labute approximate surface area is 123 Å². The first-order chi connectivity index (χ1) is 9.65. The molecule has 4 N–H and O–H groups in total. The zero-order valence-electron chi connectivity index (χ0n) is 11.9. The first-order valence-corrected chi connectivity index (χ1v) is 8.00. The number of hydrogen-bond donors (Lipinski definition) is 3. The van der Waals surface area contributed by atoms with Crippen LogP contribution in [0.2, 0.25) is 0 Å². The molecule has 0 atom stereocenters. The van der Waals surface area contributed by atoms with E-state index in [0.29, 0.717) is 23.0 Å². The average Bonchev–Trinajstić information content (AvgIpc) is 2.87. The highest BCUT2D eigenvalue weighted by Gasteiger charge is 2.22. The highest BCUT2D eigenvalue weighted by molar-refractivity contribution is 7.18. The van der Waals surface area contributed by atoms with Gasteiger partial charge in [0.25, 0.3) is 5.91 Å². The number of aliphatic hydroxyl groups is 1. The topological polar surface area (TPSA) is 78.6 Å². The van der Waals surface area contributed by atoms with E-state index in [2.05, 4.69) is 10.2 Å². The number of anilines is 2. The van der Waals surface area contributed by atoms with Crippen LogP contribution in [0, 0.1) is 5.92 Å². The van der Waals surface area contributed by atoms with Gasteiger partial charge in [0.1, 0.15) is 4.88 Å². The largest absolute Gasteiger partial charge is 0.397 e. The molecular weight excluding hydrogens is 274 g/mol. The Hall–Kier alpha value is -1.27. The Bertz CT molecular complexity index is 453. The molecule has 1 fully saturated rings. The van der Waals surface area contributed by atoms with Gasteiger partial charge in [-0.3, -0.25) is 4.79 Å². The number of nitrogen functional groups attached to an aromatic ring is 1. The zero-order valence-corrected chi connectivity index (χ0v) is 12.7. The molecule has 0 radical (unpaired) electrons. The summed E-state index contributed by atoms with van der Waals surface area (Å²) in [5, 5.41) is 13.1. The lowest BCUT2D eigenvalue weighted by Gasteiger charge is -2.31. The lowest BCUT2D eigenvalue weighted by atomic mass is 9.98. The maximum atomic E-state index is 12.0. The number of thiophene rings is 1. The van der Waals surface area contributed by atoms with Gasteiger partial charge >= 0.3 is 0 Å². The fraction of sp³-hybridized carbons (Fsp3) is 0.643. The number of hydrogen-bond acceptors (Lipinski definition) is 5. The van der Waals surface area contributed by atoms with Gasteiger partial charge in [0.05, 0.1) is 10.7 Å². The normalized spacial score (nSPS) is 16.4. The third-order valence-corrected chi connectivity index (χ3v) is 4.88. The van der Waals surface area contributed by atoms with Gasteiger partial charge in [0, 0.05) is 26.2 Å². The second-order valence-electron chi connectivity index (χ2n) is 5.24. The van der Waals surface area contributed by atoms with Crippen LogP contribution in [0.4, 0.5) is 10.7 Å². The molecule has 5 nitrogen and oxygen atoms in total. The van der Waals surface area contributed by atoms with Crippen molar-refractivity contribution in [1.29, 1.82) is 0 Å². The van der Waals surface area contributed by atoms with Gasteiger partial charge in [0.2, 0.25) is 0 Å². The van der Waals surface area contributed by atoms with Crippen molar-refractivity contribution in [2.24, 2.45) is 5.92 Å². The van der Waals surface area contributed by atoms with Gasteiger partial charge in [0.15, 0.2) is 0 Å². The molecule has 0 spiro atoms. The molecule has 0 aromatic carbocycles. The van der Waals surface area contributed by atoms with Crippen LogP contribution in [0.15, 0.2) is 6.07 Å². The molecule has 0 aliphatic carbocycles. The molecule has 2 heterocycles. The number of nitrogens with one attached hydrogen (secondary N) is 1. The monoisotopic (exact) mass is 297 g/mol. The number of carbonyl (C=O) groups excluding carboxylic acids is 1. The third-order valence-electron chi connectivity index (χ3n) is 3.67. The minimum Gasteiger partial charge on any atom is -0.397 e. The summed E-state index contributed by atoms with van der Waals surface area (Å²) in [5.74, 6) is 0.335. The number of amides is 1. The molecule has 112 valence electrons. The Morgan fingerprint density at radius 1 is 1.55 bits per heavy atom. The summed E-state index contributed by atoms with van der Waals surface area (Å²) in [5.41, 5.74) is 6.52. The summed E-state index contributed by atoms with van der Waals surface area (Å²) in [4.78, 5) is 14.8. The fourth-order valence-corrected chi connectivity index (χ4v) is 3.43. The van der Waals surface area contributed by atoms with E-state index in [1.165, 1.54) is 11.3 Å². The van der Waals surface area contributed by atoms with E-state index in [1.54, 1.807) is 0 Å². The molecule has 0 saturated carbocycles. The molecule has 1 aliphatic heterocycles. The lowest BCUT2D eigenvalue weighted by molar-refractivity contribution is 0.0958. The highest BCUT2D eigenvalue weighted by atomic mass is 32.1. The number of rotatable bonds is 5. The van der Waals surface area contributed by atoms with Gasteiger partial charge in [-0.1, -0.05) is 6.92 Å². The molecule has 0 bridgehead atoms. The van der Waals surface area contributed by atoms with Crippen LogP contribution in [0.5, 0.6) is 0 Å². The number of nitrogens with two attached hydrogens (primary N) is 1. The van der Waals surface area contributed by atoms with E-state index in [9.17, 15) is 4.79 Å². The standard InChI is InChI=1S/C14H23N3O2S/c1-2-5-16-14(19)13-11(15)8-12(20-13)17-6-3-10(9-18)4-7-17/h8,10,18H,2-7,9,15H2,1H3,(H,16,19). The fourth-order valence-electron chi connectivity index (χ4n) is 2.38. The third kappa shape index (κ3) is 3.43. The second kappa shape index (κ2) is 6.95. The van der Waals surface area contributed by atoms with Crippen molar-refractivity contribution >= 4 is 27.9 Å². The van der Waals surface area contributed by atoms with Gasteiger partial charge in [-0.2, -0.15) is 0 Å². The Morgan fingerprint density at radius 2 is 2.25 bits per heavy atom. The van der Waals surface area contributed by atoms with Crippen LogP contribution >= 0.6 is 11.3 Å². The summed E-state index contributed by atoms with van der Waals surface area (Å²) in [6.45, 7) is 4.80. The van der Waals surface area contributed by atoms with E-state index >= 15 is 0 Å². The molecule has 2 rings (SSSR count). The van der Waals surface area contributed by atoms with Crippen LogP contribution in [0.3, 0.4) is 0 Å². The average molecular weight is 297 g/mol. The van der Waals surface area contributed by atoms with Gasteiger partial charge < -0.3 is 21.1 Å². The maximum absolute atomic E-state index is 12.0. The summed E-state index contributed by atoms with van der Waals surface area (Å²) in [6, 6.07) is 1.89. The Balaban J connectivity index is 2.02. The van der Waals surface area contributed by atoms with Crippen molar-refractivity contribution in [2.45, 2.75) is 26.2 Å². The van der Waals surface area contributed by atoms with Crippen LogP contribution in [0.25, 0.3) is 0 Å². The minimum absolute atomic E-state index is 0.0779. The predicted octanol–water partition coefficient (Wildman–Crippen LogP) is 1.68. The SMILES string of the molecule is CCCNC(=O)c1sc(N2CCC(CO)CC2)cc1N. The number of nitrogens with zero attached hydrogens (tertiary/aromatic N) is 1. The van der Waals surface area contributed by atoms with Gasteiger partial charge in [-0.05, 0) is 31.2 Å². The minimum atomic E-state index is -0.0779. The molecule has 20 heavy (non-hydrogen) atoms. The molecule has 1 saturated heterocycles. The van der Waals surface area contributed by atoms with Crippen molar-refractivity contribution in [1.82, 2.24) is 5.32 Å². The molecule has 0 unspecified atom stereocenters. The maximum Gasteiger partial charge on any atom is 0.263 e. The van der Waals surface area contributed by atoms with Crippen LogP contribution in [-0.2, 0) is 0 Å². The van der Waals surface area contributed by atoms with Crippen molar-refractivity contribution in [2.75, 3.05) is 36.9 Å². The van der Waals surface area contributed by atoms with Crippen LogP contribution < -0.4 is 16.0 Å². The van der Waals surface area contributed by atoms with Crippen molar-refractivity contribution in [3.8, 4) is 0 Å². The zero-order chi connectivity index (χ0) is 14.5. The summed E-state index contributed by atoms with van der Waals surface area (Å²) < 4.78 is 0. The summed E-state index contributed by atoms with van der Waals surface area (Å²) in [7, 11) is 0. The molecule has 1 aromatic rings. The summed E-state index contributed by atoms with van der Waals surface area (Å²) in [6.07, 6.45) is 2.90. The Kier molecular flexibility index (Phi) is 5.25. The summed E-state index contributed by atoms with van der Waals surface area (Å²) >= 11 is 1.46. The van der Waals surface area contributed by atoms with Gasteiger partial charge in [-0.25, -0.2) is 0 Å². The highest BCUT2D eigenvalue weighted by Crippen LogP contribution is 2.34. The predicted molar refractivity (Wildman–Crippen MR) is 83.4 cm³/mol. The first-order valence-electron chi connectivity index (χ1n) is 7.19. The molecule has 1 amide bonds. The second-order valence-corrected chi connectivity index (χ2v) is 6.27. The van der Waals surface area contributed by atoms with E-state index in [1.807, 2.05) is 13.0 Å². The molecule has 1 aliphatic rings. The number of piperidine rings is 1. The molecule has 1 aromatic heterocycles. The Morgan fingerprint density at radius 3 is 2.85 bits per heavy atom. The van der Waals surface area contributed by atoms with Crippen LogP contribution in [-0.4, -0.2) is 37.3 Å². The molecule has 6 heteroatoms. The van der Waals surface area contributed by atoms with E-state index in [-0.39, 0.29) is 12.5 Å². The lowest BCUT2D eigenvalue weighted by Crippen LogP contribution is -2.34. The van der Waals surface area contributed by atoms with Crippen LogP contribution in [0.1, 0.15) is 35.9 Å².